The van der Waals surface area contributed by atoms with Gasteiger partial charge in [0.2, 0.25) is 0 Å². The van der Waals surface area contributed by atoms with Crippen LogP contribution in [-0.2, 0) is 27.4 Å². The lowest BCUT2D eigenvalue weighted by Crippen LogP contribution is -2.36. The minimum Gasteiger partial charge on any atom is -0.374 e. The van der Waals surface area contributed by atoms with Crippen molar-refractivity contribution in [3.63, 3.8) is 0 Å². The molecule has 3 rings (SSSR count). The van der Waals surface area contributed by atoms with Crippen molar-refractivity contribution in [2.75, 3.05) is 13.2 Å². The molecule has 0 aromatic heterocycles. The maximum absolute atomic E-state index is 5.99. The zero-order valence-electron chi connectivity index (χ0n) is 13.1. The Balaban J connectivity index is 1.48. The molecule has 1 heterocycles. The molecule has 0 unspecified atom stereocenters. The molecule has 1 aliphatic rings. The van der Waals surface area contributed by atoms with Gasteiger partial charge < -0.3 is 14.2 Å². The standard InChI is InChI=1S/C20H22O3/c1-3-8-17(9-4-1)14-21-16-20-19(12-7-13-22-20)23-15-18-10-5-2-6-11-18/h1-12,19-20H,13-16H2/t19-,20+/m0/s1. The van der Waals surface area contributed by atoms with Gasteiger partial charge in [-0.05, 0) is 11.1 Å². The van der Waals surface area contributed by atoms with Gasteiger partial charge in [-0.2, -0.15) is 0 Å². The number of hydrogen-bond acceptors (Lipinski definition) is 3. The van der Waals surface area contributed by atoms with Crippen molar-refractivity contribution in [2.45, 2.75) is 25.4 Å². The summed E-state index contributed by atoms with van der Waals surface area (Å²) < 4.78 is 17.6. The molecule has 3 heteroatoms. The van der Waals surface area contributed by atoms with E-state index in [1.807, 2.05) is 42.5 Å². The molecule has 120 valence electrons. The van der Waals surface area contributed by atoms with E-state index in [4.69, 9.17) is 14.2 Å². The van der Waals surface area contributed by atoms with E-state index < -0.39 is 0 Å². The largest absolute Gasteiger partial charge is 0.374 e. The Bertz CT molecular complexity index is 595. The van der Waals surface area contributed by atoms with Crippen molar-refractivity contribution >= 4 is 0 Å². The van der Waals surface area contributed by atoms with E-state index in [1.165, 1.54) is 5.56 Å². The van der Waals surface area contributed by atoms with Crippen LogP contribution in [0.4, 0.5) is 0 Å². The third-order valence-electron chi connectivity index (χ3n) is 3.78. The number of benzene rings is 2. The van der Waals surface area contributed by atoms with E-state index >= 15 is 0 Å². The molecule has 2 aromatic carbocycles. The first-order chi connectivity index (χ1) is 11.4. The highest BCUT2D eigenvalue weighted by Gasteiger charge is 2.23. The Morgan fingerprint density at radius 3 is 2.22 bits per heavy atom. The number of hydrogen-bond donors (Lipinski definition) is 0. The smallest absolute Gasteiger partial charge is 0.111 e. The lowest BCUT2D eigenvalue weighted by atomic mass is 10.1. The van der Waals surface area contributed by atoms with Gasteiger partial charge in [-0.3, -0.25) is 0 Å². The van der Waals surface area contributed by atoms with Gasteiger partial charge in [0.05, 0.1) is 26.4 Å². The van der Waals surface area contributed by atoms with Crippen LogP contribution in [0.2, 0.25) is 0 Å². The van der Waals surface area contributed by atoms with Gasteiger partial charge in [-0.15, -0.1) is 0 Å². The van der Waals surface area contributed by atoms with Crippen LogP contribution < -0.4 is 0 Å². The summed E-state index contributed by atoms with van der Waals surface area (Å²) in [6.45, 7) is 2.31. The summed E-state index contributed by atoms with van der Waals surface area (Å²) in [7, 11) is 0. The Labute approximate surface area is 137 Å². The molecule has 0 radical (unpaired) electrons. The maximum atomic E-state index is 5.99. The molecule has 2 atom stereocenters. The van der Waals surface area contributed by atoms with Crippen molar-refractivity contribution < 1.29 is 14.2 Å². The first-order valence-electron chi connectivity index (χ1n) is 7.97. The Hall–Kier alpha value is -1.94. The van der Waals surface area contributed by atoms with Crippen molar-refractivity contribution in [3.8, 4) is 0 Å². The van der Waals surface area contributed by atoms with E-state index in [0.29, 0.717) is 26.4 Å². The molecule has 0 amide bonds. The maximum Gasteiger partial charge on any atom is 0.111 e. The monoisotopic (exact) mass is 310 g/mol. The summed E-state index contributed by atoms with van der Waals surface area (Å²) >= 11 is 0. The van der Waals surface area contributed by atoms with Crippen molar-refractivity contribution in [1.82, 2.24) is 0 Å². The fourth-order valence-corrected chi connectivity index (χ4v) is 2.53. The predicted octanol–water partition coefficient (Wildman–Crippen LogP) is 3.74. The van der Waals surface area contributed by atoms with E-state index in [9.17, 15) is 0 Å². The van der Waals surface area contributed by atoms with Crippen LogP contribution in [0.15, 0.2) is 72.8 Å². The molecule has 3 nitrogen and oxygen atoms in total. The second kappa shape index (κ2) is 8.63. The molecule has 0 fully saturated rings. The second-order valence-corrected chi connectivity index (χ2v) is 5.56. The van der Waals surface area contributed by atoms with E-state index in [0.717, 1.165) is 5.56 Å². The van der Waals surface area contributed by atoms with Crippen molar-refractivity contribution in [1.29, 1.82) is 0 Å². The average molecular weight is 310 g/mol. The third kappa shape index (κ3) is 5.03. The molecular formula is C20H22O3. The molecule has 1 aliphatic heterocycles. The number of rotatable bonds is 7. The molecule has 0 bridgehead atoms. The fraction of sp³-hybridized carbons (Fsp3) is 0.300. The highest BCUT2D eigenvalue weighted by molar-refractivity contribution is 5.14. The minimum atomic E-state index is -0.0697. The summed E-state index contributed by atoms with van der Waals surface area (Å²) in [5.74, 6) is 0. The molecule has 0 saturated carbocycles. The average Bonchev–Trinajstić information content (AvgIpc) is 2.63. The van der Waals surface area contributed by atoms with Crippen LogP contribution in [0.25, 0.3) is 0 Å². The van der Waals surface area contributed by atoms with Crippen LogP contribution in [0.1, 0.15) is 11.1 Å². The lowest BCUT2D eigenvalue weighted by molar-refractivity contribution is -0.0944. The van der Waals surface area contributed by atoms with E-state index in [1.54, 1.807) is 0 Å². The van der Waals surface area contributed by atoms with Gasteiger partial charge in [0.25, 0.3) is 0 Å². The van der Waals surface area contributed by atoms with Crippen LogP contribution in [-0.4, -0.2) is 25.4 Å². The topological polar surface area (TPSA) is 27.7 Å². The van der Waals surface area contributed by atoms with Crippen molar-refractivity contribution in [2.24, 2.45) is 0 Å². The summed E-state index contributed by atoms with van der Waals surface area (Å²) in [6.07, 6.45) is 3.94. The summed E-state index contributed by atoms with van der Waals surface area (Å²) in [5.41, 5.74) is 2.33. The molecular weight excluding hydrogens is 288 g/mol. The Kier molecular flexibility index (Phi) is 5.98. The Morgan fingerprint density at radius 2 is 1.52 bits per heavy atom. The molecule has 0 saturated heterocycles. The van der Waals surface area contributed by atoms with Crippen LogP contribution in [0, 0.1) is 0 Å². The highest BCUT2D eigenvalue weighted by atomic mass is 16.6. The molecule has 0 aliphatic carbocycles. The normalized spacial score (nSPS) is 20.5. The van der Waals surface area contributed by atoms with Gasteiger partial charge >= 0.3 is 0 Å². The second-order valence-electron chi connectivity index (χ2n) is 5.56. The number of ether oxygens (including phenoxy) is 3. The summed E-state index contributed by atoms with van der Waals surface area (Å²) in [6, 6.07) is 20.3. The fourth-order valence-electron chi connectivity index (χ4n) is 2.53. The van der Waals surface area contributed by atoms with Gasteiger partial charge in [-0.1, -0.05) is 72.8 Å². The van der Waals surface area contributed by atoms with Gasteiger partial charge in [-0.25, -0.2) is 0 Å². The lowest BCUT2D eigenvalue weighted by Gasteiger charge is -2.28. The van der Waals surface area contributed by atoms with Crippen LogP contribution in [0.3, 0.4) is 0 Å². The predicted molar refractivity (Wildman–Crippen MR) is 90.0 cm³/mol. The molecule has 0 N–H and O–H groups in total. The van der Waals surface area contributed by atoms with Gasteiger partial charge in [0.15, 0.2) is 0 Å². The molecule has 0 spiro atoms. The summed E-state index contributed by atoms with van der Waals surface area (Å²) in [5, 5.41) is 0. The van der Waals surface area contributed by atoms with Crippen LogP contribution in [0.5, 0.6) is 0 Å². The summed E-state index contributed by atoms with van der Waals surface area (Å²) in [4.78, 5) is 0. The quantitative estimate of drug-likeness (QED) is 0.729. The van der Waals surface area contributed by atoms with Gasteiger partial charge in [0, 0.05) is 0 Å². The van der Waals surface area contributed by atoms with E-state index in [2.05, 4.69) is 30.3 Å². The third-order valence-corrected chi connectivity index (χ3v) is 3.78. The molecule has 2 aromatic rings. The van der Waals surface area contributed by atoms with Crippen molar-refractivity contribution in [3.05, 3.63) is 83.9 Å². The SMILES string of the molecule is C1=C[C@H](OCc2ccccc2)[C@@H](COCc2ccccc2)OC1. The van der Waals surface area contributed by atoms with Gasteiger partial charge in [0.1, 0.15) is 12.2 Å². The first-order valence-corrected chi connectivity index (χ1v) is 7.97. The first kappa shape index (κ1) is 15.9. The molecule has 23 heavy (non-hydrogen) atoms. The van der Waals surface area contributed by atoms with Crippen LogP contribution >= 0.6 is 0 Å². The zero-order chi connectivity index (χ0) is 15.7. The minimum absolute atomic E-state index is 0.0626. The van der Waals surface area contributed by atoms with E-state index in [-0.39, 0.29) is 12.2 Å². The zero-order valence-corrected chi connectivity index (χ0v) is 13.1. The Morgan fingerprint density at radius 1 is 0.870 bits per heavy atom. The highest BCUT2D eigenvalue weighted by Crippen LogP contribution is 2.15.